The summed E-state index contributed by atoms with van der Waals surface area (Å²) in [5.74, 6) is -1.19. The van der Waals surface area contributed by atoms with Crippen molar-refractivity contribution in [3.63, 3.8) is 0 Å². The third-order valence-corrected chi connectivity index (χ3v) is 1.37. The lowest BCUT2D eigenvalue weighted by atomic mass is 10.3. The summed E-state index contributed by atoms with van der Waals surface area (Å²) in [6.45, 7) is 0. The number of carbonyl (C=O) groups is 2. The minimum Gasteiger partial charge on any atom is -0.466 e. The fraction of sp³-hybridized carbons (Fsp3) is 0.250. The van der Waals surface area contributed by atoms with Gasteiger partial charge in [-0.2, -0.15) is 0 Å². The minimum atomic E-state index is -0.616. The maximum atomic E-state index is 10.9. The van der Waals surface area contributed by atoms with Gasteiger partial charge in [0.05, 0.1) is 19.8 Å². The van der Waals surface area contributed by atoms with Gasteiger partial charge in [0.25, 0.3) is 0 Å². The van der Waals surface area contributed by atoms with E-state index in [0.717, 1.165) is 11.6 Å². The van der Waals surface area contributed by atoms with Crippen LogP contribution in [0.3, 0.4) is 0 Å². The monoisotopic (exact) mass is 204 g/mol. The molecule has 0 atom stereocenters. The first-order valence-corrected chi connectivity index (χ1v) is 3.74. The molecule has 0 aliphatic carbocycles. The van der Waals surface area contributed by atoms with Crippen LogP contribution in [0.25, 0.3) is 0 Å². The first-order valence-electron chi connectivity index (χ1n) is 3.30. The zero-order valence-electron chi connectivity index (χ0n) is 7.24. The summed E-state index contributed by atoms with van der Waals surface area (Å²) in [5, 5.41) is 0. The molecule has 0 heterocycles. The lowest BCUT2D eigenvalue weighted by Gasteiger charge is -1.96. The van der Waals surface area contributed by atoms with Gasteiger partial charge in [-0.05, 0) is 6.08 Å². The molecule has 0 aromatic heterocycles. The molecule has 0 radical (unpaired) electrons. The van der Waals surface area contributed by atoms with E-state index in [1.54, 1.807) is 0 Å². The molecule has 0 rings (SSSR count). The predicted molar refractivity (Wildman–Crippen MR) is 47.1 cm³/mol. The number of hydrogen-bond donors (Lipinski definition) is 0. The van der Waals surface area contributed by atoms with Crippen molar-refractivity contribution >= 4 is 23.5 Å². The lowest BCUT2D eigenvalue weighted by Crippen LogP contribution is -2.03. The number of carbonyl (C=O) groups excluding carboxylic acids is 2. The lowest BCUT2D eigenvalue weighted by molar-refractivity contribution is -0.135. The predicted octanol–water partition coefficient (Wildman–Crippen LogP) is 1.01. The van der Waals surface area contributed by atoms with Crippen LogP contribution < -0.4 is 0 Å². The molecule has 0 aromatic carbocycles. The number of halogens is 1. The van der Waals surface area contributed by atoms with E-state index in [4.69, 9.17) is 11.6 Å². The van der Waals surface area contributed by atoms with Crippen LogP contribution in [-0.4, -0.2) is 26.2 Å². The highest BCUT2D eigenvalue weighted by atomic mass is 35.5. The molecule has 0 amide bonds. The smallest absolute Gasteiger partial charge is 0.338 e. The van der Waals surface area contributed by atoms with Gasteiger partial charge in [0.1, 0.15) is 0 Å². The minimum absolute atomic E-state index is 0.0783. The van der Waals surface area contributed by atoms with Crippen molar-refractivity contribution < 1.29 is 19.1 Å². The summed E-state index contributed by atoms with van der Waals surface area (Å²) in [6, 6.07) is 0. The Balaban J connectivity index is 4.39. The molecule has 0 unspecified atom stereocenters. The second kappa shape index (κ2) is 6.25. The molecule has 0 saturated heterocycles. The van der Waals surface area contributed by atoms with Gasteiger partial charge in [0, 0.05) is 11.6 Å². The third kappa shape index (κ3) is 4.32. The summed E-state index contributed by atoms with van der Waals surface area (Å²) in [7, 11) is 2.45. The Morgan fingerprint density at radius 3 is 2.15 bits per heavy atom. The highest BCUT2D eigenvalue weighted by molar-refractivity contribution is 6.27. The molecule has 72 valence electrons. The third-order valence-electron chi connectivity index (χ3n) is 1.14. The van der Waals surface area contributed by atoms with Gasteiger partial charge in [-0.3, -0.25) is 0 Å². The fourth-order valence-corrected chi connectivity index (χ4v) is 0.654. The quantitative estimate of drug-likeness (QED) is 0.391. The summed E-state index contributed by atoms with van der Waals surface area (Å²) < 4.78 is 8.68. The number of rotatable bonds is 3. The average molecular weight is 205 g/mol. The largest absolute Gasteiger partial charge is 0.466 e. The molecule has 0 aliphatic rings. The van der Waals surface area contributed by atoms with Gasteiger partial charge in [-0.25, -0.2) is 9.59 Å². The Bertz CT molecular complexity index is 255. The molecule has 0 bridgehead atoms. The summed E-state index contributed by atoms with van der Waals surface area (Å²) in [6.07, 6.45) is 2.29. The number of esters is 2. The Labute approximate surface area is 80.8 Å². The zero-order valence-corrected chi connectivity index (χ0v) is 8.00. The first-order chi connectivity index (χ1) is 6.15. The fourth-order valence-electron chi connectivity index (χ4n) is 0.493. The number of methoxy groups -OCH3 is 2. The normalized spacial score (nSPS) is 11.5. The van der Waals surface area contributed by atoms with Gasteiger partial charge >= 0.3 is 11.9 Å². The van der Waals surface area contributed by atoms with Gasteiger partial charge in [0.2, 0.25) is 0 Å². The maximum Gasteiger partial charge on any atom is 0.338 e. The average Bonchev–Trinajstić information content (AvgIpc) is 2.17. The van der Waals surface area contributed by atoms with E-state index in [2.05, 4.69) is 9.47 Å². The van der Waals surface area contributed by atoms with Gasteiger partial charge < -0.3 is 9.47 Å². The molecule has 0 spiro atoms. The SMILES string of the molecule is COC(=O)/C=C/C(=C\Cl)C(=O)OC. The van der Waals surface area contributed by atoms with E-state index in [1.165, 1.54) is 20.3 Å². The maximum absolute atomic E-state index is 10.9. The van der Waals surface area contributed by atoms with Crippen molar-refractivity contribution in [2.45, 2.75) is 0 Å². The van der Waals surface area contributed by atoms with Crippen LogP contribution in [0.5, 0.6) is 0 Å². The highest BCUT2D eigenvalue weighted by Gasteiger charge is 2.05. The van der Waals surface area contributed by atoms with Crippen molar-refractivity contribution in [2.24, 2.45) is 0 Å². The molecular weight excluding hydrogens is 196 g/mol. The van der Waals surface area contributed by atoms with E-state index in [1.807, 2.05) is 0 Å². The number of ether oxygens (including phenoxy) is 2. The van der Waals surface area contributed by atoms with Crippen LogP contribution in [0.2, 0.25) is 0 Å². The van der Waals surface area contributed by atoms with Gasteiger partial charge in [-0.15, -0.1) is 0 Å². The Morgan fingerprint density at radius 1 is 1.15 bits per heavy atom. The molecule has 4 nitrogen and oxygen atoms in total. The van der Waals surface area contributed by atoms with Crippen molar-refractivity contribution in [3.8, 4) is 0 Å². The summed E-state index contributed by atoms with van der Waals surface area (Å²) in [4.78, 5) is 21.5. The Hall–Kier alpha value is -1.29. The molecule has 13 heavy (non-hydrogen) atoms. The molecule has 5 heteroatoms. The van der Waals surface area contributed by atoms with E-state index >= 15 is 0 Å². The van der Waals surface area contributed by atoms with Crippen LogP contribution in [0.1, 0.15) is 0 Å². The molecule has 0 saturated carbocycles. The van der Waals surface area contributed by atoms with Crippen molar-refractivity contribution in [2.75, 3.05) is 14.2 Å². The van der Waals surface area contributed by atoms with Crippen molar-refractivity contribution in [3.05, 3.63) is 23.3 Å². The molecule has 0 aliphatic heterocycles. The first kappa shape index (κ1) is 11.7. The second-order valence-corrected chi connectivity index (χ2v) is 2.13. The zero-order chi connectivity index (χ0) is 10.3. The Morgan fingerprint density at radius 2 is 1.77 bits per heavy atom. The highest BCUT2D eigenvalue weighted by Crippen LogP contribution is 2.01. The van der Waals surface area contributed by atoms with Crippen molar-refractivity contribution in [1.82, 2.24) is 0 Å². The van der Waals surface area contributed by atoms with Crippen LogP contribution in [-0.2, 0) is 19.1 Å². The Kier molecular flexibility index (Phi) is 5.63. The van der Waals surface area contributed by atoms with E-state index in [-0.39, 0.29) is 5.57 Å². The van der Waals surface area contributed by atoms with E-state index in [0.29, 0.717) is 0 Å². The topological polar surface area (TPSA) is 52.6 Å². The van der Waals surface area contributed by atoms with E-state index in [9.17, 15) is 9.59 Å². The van der Waals surface area contributed by atoms with Crippen molar-refractivity contribution in [1.29, 1.82) is 0 Å². The van der Waals surface area contributed by atoms with Crippen LogP contribution >= 0.6 is 11.6 Å². The van der Waals surface area contributed by atoms with Gasteiger partial charge in [0.15, 0.2) is 0 Å². The standard InChI is InChI=1S/C8H9ClO4/c1-12-7(10)4-3-6(5-9)8(11)13-2/h3-5H,1-2H3/b4-3+,6-5+. The molecular formula is C8H9ClO4. The molecule has 0 N–H and O–H groups in total. The van der Waals surface area contributed by atoms with Crippen LogP contribution in [0.15, 0.2) is 23.3 Å². The summed E-state index contributed by atoms with van der Waals surface area (Å²) >= 11 is 5.30. The van der Waals surface area contributed by atoms with Crippen LogP contribution in [0, 0.1) is 0 Å². The molecule has 0 fully saturated rings. The van der Waals surface area contributed by atoms with Gasteiger partial charge in [-0.1, -0.05) is 11.6 Å². The van der Waals surface area contributed by atoms with E-state index < -0.39 is 11.9 Å². The second-order valence-electron chi connectivity index (χ2n) is 1.91. The summed E-state index contributed by atoms with van der Waals surface area (Å²) in [5.41, 5.74) is 1.10. The van der Waals surface area contributed by atoms with Crippen LogP contribution in [0.4, 0.5) is 0 Å². The molecule has 0 aromatic rings. The number of hydrogen-bond acceptors (Lipinski definition) is 4.